The first-order chi connectivity index (χ1) is 7.13. The van der Waals surface area contributed by atoms with Crippen LogP contribution in [0.25, 0.3) is 5.57 Å². The topological polar surface area (TPSA) is 0 Å². The molecule has 0 aliphatic carbocycles. The zero-order chi connectivity index (χ0) is 11.3. The average molecular weight is 204 g/mol. The molecule has 1 aromatic rings. The zero-order valence-electron chi connectivity index (χ0n) is 9.55. The fraction of sp³-hybridized carbons (Fsp3) is 0.286. The van der Waals surface area contributed by atoms with E-state index in [0.29, 0.717) is 0 Å². The molecular weight excluding hydrogens is 187 g/mol. The predicted octanol–water partition coefficient (Wildman–Crippen LogP) is 4.66. The van der Waals surface area contributed by atoms with Crippen molar-refractivity contribution in [2.24, 2.45) is 0 Å². The van der Waals surface area contributed by atoms with Crippen LogP contribution in [0.5, 0.6) is 0 Å². The molecule has 0 N–H and O–H groups in total. The van der Waals surface area contributed by atoms with Crippen molar-refractivity contribution in [3.8, 4) is 0 Å². The molecule has 0 unspecified atom stereocenters. The Hall–Kier alpha value is -1.37. The first-order valence-electron chi connectivity index (χ1n) is 5.23. The molecule has 1 rings (SSSR count). The Kier molecular flexibility index (Phi) is 4.29. The van der Waals surface area contributed by atoms with E-state index in [1.165, 1.54) is 24.1 Å². The Morgan fingerprint density at radius 1 is 1.20 bits per heavy atom. The highest BCUT2D eigenvalue weighted by Crippen LogP contribution is 2.18. The van der Waals surface area contributed by atoms with E-state index in [0.717, 1.165) is 12.0 Å². The second kappa shape index (κ2) is 5.50. The molecule has 0 spiro atoms. The monoisotopic (exact) mass is 204 g/mol. The molecule has 0 nitrogen and oxygen atoms in total. The van der Waals surface area contributed by atoms with E-state index in [2.05, 4.69) is 38.1 Å². The minimum Gasteiger partial charge on any atom is -0.212 e. The van der Waals surface area contributed by atoms with Gasteiger partial charge in [0.2, 0.25) is 0 Å². The maximum absolute atomic E-state index is 12.6. The number of allylic oxidation sites excluding steroid dienone is 4. The third-order valence-electron chi connectivity index (χ3n) is 2.32. The third-order valence-corrected chi connectivity index (χ3v) is 2.32. The number of aryl methyl sites for hydroxylation is 1. The Labute approximate surface area is 91.1 Å². The van der Waals surface area contributed by atoms with Crippen molar-refractivity contribution in [1.29, 1.82) is 0 Å². The molecule has 0 aromatic heterocycles. The summed E-state index contributed by atoms with van der Waals surface area (Å²) in [5, 5.41) is 0. The number of benzene rings is 1. The fourth-order valence-corrected chi connectivity index (χ4v) is 1.40. The first kappa shape index (κ1) is 11.7. The molecule has 0 bridgehead atoms. The molecule has 0 saturated carbocycles. The van der Waals surface area contributed by atoms with Crippen molar-refractivity contribution >= 4 is 5.57 Å². The van der Waals surface area contributed by atoms with Crippen LogP contribution in [0.3, 0.4) is 0 Å². The molecule has 1 aromatic carbocycles. The summed E-state index contributed by atoms with van der Waals surface area (Å²) < 4.78 is 12.6. The summed E-state index contributed by atoms with van der Waals surface area (Å²) in [6, 6.07) is 8.30. The Bertz CT molecular complexity index is 365. The molecule has 0 radical (unpaired) electrons. The second-order valence-electron chi connectivity index (χ2n) is 3.66. The Balaban J connectivity index is 2.97. The normalized spacial score (nSPS) is 13.1. The summed E-state index contributed by atoms with van der Waals surface area (Å²) in [7, 11) is 0. The van der Waals surface area contributed by atoms with Gasteiger partial charge in [0.05, 0.1) is 5.83 Å². The minimum atomic E-state index is -0.159. The van der Waals surface area contributed by atoms with E-state index in [4.69, 9.17) is 0 Å². The van der Waals surface area contributed by atoms with Crippen LogP contribution in [0.4, 0.5) is 4.39 Å². The molecule has 15 heavy (non-hydrogen) atoms. The van der Waals surface area contributed by atoms with Gasteiger partial charge in [-0.25, -0.2) is 4.39 Å². The number of rotatable bonds is 3. The lowest BCUT2D eigenvalue weighted by molar-refractivity contribution is 0.640. The van der Waals surface area contributed by atoms with Gasteiger partial charge in [-0.3, -0.25) is 0 Å². The highest BCUT2D eigenvalue weighted by molar-refractivity contribution is 5.67. The molecule has 0 aliphatic heterocycles. The van der Waals surface area contributed by atoms with Crippen LogP contribution < -0.4 is 0 Å². The van der Waals surface area contributed by atoms with Gasteiger partial charge < -0.3 is 0 Å². The van der Waals surface area contributed by atoms with E-state index in [1.807, 2.05) is 6.08 Å². The lowest BCUT2D eigenvalue weighted by atomic mass is 10.0. The molecule has 1 heteroatoms. The van der Waals surface area contributed by atoms with Gasteiger partial charge in [0, 0.05) is 0 Å². The smallest absolute Gasteiger partial charge is 0.0968 e. The summed E-state index contributed by atoms with van der Waals surface area (Å²) in [6.45, 7) is 5.59. The molecule has 0 aliphatic rings. The van der Waals surface area contributed by atoms with Crippen molar-refractivity contribution in [1.82, 2.24) is 0 Å². The maximum atomic E-state index is 12.6. The van der Waals surface area contributed by atoms with Crippen molar-refractivity contribution in [3.63, 3.8) is 0 Å². The molecular formula is C14H17F. The van der Waals surface area contributed by atoms with Crippen molar-refractivity contribution in [3.05, 3.63) is 53.4 Å². The lowest BCUT2D eigenvalue weighted by Gasteiger charge is -2.04. The molecule has 0 heterocycles. The van der Waals surface area contributed by atoms with Gasteiger partial charge in [-0.1, -0.05) is 42.8 Å². The molecule has 0 saturated heterocycles. The lowest BCUT2D eigenvalue weighted by Crippen LogP contribution is -1.82. The van der Waals surface area contributed by atoms with E-state index >= 15 is 0 Å². The molecule has 0 atom stereocenters. The summed E-state index contributed by atoms with van der Waals surface area (Å²) in [4.78, 5) is 0. The van der Waals surface area contributed by atoms with Gasteiger partial charge in [0.1, 0.15) is 0 Å². The summed E-state index contributed by atoms with van der Waals surface area (Å²) in [5.74, 6) is -0.159. The van der Waals surface area contributed by atoms with Crippen molar-refractivity contribution in [2.75, 3.05) is 0 Å². The van der Waals surface area contributed by atoms with Gasteiger partial charge in [0.15, 0.2) is 0 Å². The van der Waals surface area contributed by atoms with E-state index < -0.39 is 0 Å². The largest absolute Gasteiger partial charge is 0.212 e. The first-order valence-corrected chi connectivity index (χ1v) is 5.23. The van der Waals surface area contributed by atoms with Crippen LogP contribution in [-0.2, 0) is 0 Å². The van der Waals surface area contributed by atoms with Crippen LogP contribution in [-0.4, -0.2) is 0 Å². The molecule has 80 valence electrons. The van der Waals surface area contributed by atoms with Gasteiger partial charge in [-0.15, -0.1) is 0 Å². The molecule has 0 fully saturated rings. The number of halogens is 1. The van der Waals surface area contributed by atoms with Gasteiger partial charge >= 0.3 is 0 Å². The van der Waals surface area contributed by atoms with Crippen LogP contribution in [0.2, 0.25) is 0 Å². The van der Waals surface area contributed by atoms with Crippen LogP contribution >= 0.6 is 0 Å². The number of hydrogen-bond acceptors (Lipinski definition) is 0. The van der Waals surface area contributed by atoms with E-state index in [-0.39, 0.29) is 5.83 Å². The van der Waals surface area contributed by atoms with Crippen molar-refractivity contribution in [2.45, 2.75) is 27.2 Å². The quantitative estimate of drug-likeness (QED) is 0.628. The zero-order valence-corrected chi connectivity index (χ0v) is 9.55. The fourth-order valence-electron chi connectivity index (χ4n) is 1.40. The van der Waals surface area contributed by atoms with Crippen LogP contribution in [0, 0.1) is 6.92 Å². The second-order valence-corrected chi connectivity index (χ2v) is 3.66. The van der Waals surface area contributed by atoms with Gasteiger partial charge in [-0.2, -0.15) is 0 Å². The van der Waals surface area contributed by atoms with Crippen LogP contribution in [0.15, 0.2) is 42.2 Å². The predicted molar refractivity (Wildman–Crippen MR) is 64.3 cm³/mol. The SMILES string of the molecule is CC/C(=C\C=C(/C)F)c1ccc(C)cc1. The number of hydrogen-bond donors (Lipinski definition) is 0. The Morgan fingerprint density at radius 2 is 1.80 bits per heavy atom. The maximum Gasteiger partial charge on any atom is 0.0968 e. The standard InChI is InChI=1S/C14H17F/c1-4-13(10-7-12(3)15)14-8-5-11(2)6-9-14/h5-10H,4H2,1-3H3/b12-7+,13-10+. The van der Waals surface area contributed by atoms with E-state index in [9.17, 15) is 4.39 Å². The highest BCUT2D eigenvalue weighted by atomic mass is 19.1. The minimum absolute atomic E-state index is 0.159. The van der Waals surface area contributed by atoms with E-state index in [1.54, 1.807) is 0 Å². The summed E-state index contributed by atoms with van der Waals surface area (Å²) in [6.07, 6.45) is 4.27. The third kappa shape index (κ3) is 3.70. The van der Waals surface area contributed by atoms with Crippen molar-refractivity contribution < 1.29 is 4.39 Å². The Morgan fingerprint density at radius 3 is 2.27 bits per heavy atom. The van der Waals surface area contributed by atoms with Gasteiger partial charge in [-0.05, 0) is 37.5 Å². The summed E-state index contributed by atoms with van der Waals surface area (Å²) >= 11 is 0. The highest BCUT2D eigenvalue weighted by Gasteiger charge is 1.97. The van der Waals surface area contributed by atoms with Gasteiger partial charge in [0.25, 0.3) is 0 Å². The average Bonchev–Trinajstić information content (AvgIpc) is 2.21. The summed E-state index contributed by atoms with van der Waals surface area (Å²) in [5.41, 5.74) is 3.57. The van der Waals surface area contributed by atoms with Crippen LogP contribution in [0.1, 0.15) is 31.4 Å². The molecule has 0 amide bonds.